The van der Waals surface area contributed by atoms with Crippen molar-refractivity contribution >= 4 is 35.5 Å². The van der Waals surface area contributed by atoms with Crippen LogP contribution in [0.25, 0.3) is 11.6 Å². The number of aliphatic imine (C=N–C) groups is 1. The van der Waals surface area contributed by atoms with Crippen LogP contribution in [0.15, 0.2) is 52.0 Å². The Morgan fingerprint density at radius 3 is 2.83 bits per heavy atom. The largest absolute Gasteiger partial charge is 0.504 e. The Balaban J connectivity index is 1.57. The van der Waals surface area contributed by atoms with Crippen molar-refractivity contribution in [2.75, 3.05) is 11.4 Å². The quantitative estimate of drug-likeness (QED) is 0.679. The first-order valence-electron chi connectivity index (χ1n) is 9.74. The molecule has 0 unspecified atom stereocenters. The minimum absolute atomic E-state index is 0.0954. The number of carbonyl (C=O) groups is 1. The summed E-state index contributed by atoms with van der Waals surface area (Å²) >= 11 is 0. The molecule has 2 aliphatic heterocycles. The molecule has 30 heavy (non-hydrogen) atoms. The van der Waals surface area contributed by atoms with Crippen LogP contribution in [0.4, 0.5) is 11.7 Å². The number of fused-ring (bicyclic) bond motifs is 2. The molecule has 3 aromatic rings. The van der Waals surface area contributed by atoms with Gasteiger partial charge in [0.2, 0.25) is 5.88 Å². The Morgan fingerprint density at radius 2 is 2.00 bits per heavy atom. The van der Waals surface area contributed by atoms with Crippen molar-refractivity contribution in [3.63, 3.8) is 0 Å². The topological polar surface area (TPSA) is 99.2 Å². The maximum atomic E-state index is 12.0. The molecule has 0 fully saturated rings. The lowest BCUT2D eigenvalue weighted by molar-refractivity contribution is 0.0694. The summed E-state index contributed by atoms with van der Waals surface area (Å²) in [6.07, 6.45) is 6.66. The summed E-state index contributed by atoms with van der Waals surface area (Å²) in [5.41, 5.74) is 3.66. The molecular weight excluding hydrogens is 382 g/mol. The van der Waals surface area contributed by atoms with E-state index in [0.717, 1.165) is 24.0 Å². The number of allylic oxidation sites excluding steroid dienone is 1. The van der Waals surface area contributed by atoms with E-state index in [1.807, 2.05) is 29.2 Å². The second-order valence-electron chi connectivity index (χ2n) is 7.33. The zero-order valence-corrected chi connectivity index (χ0v) is 16.1. The monoisotopic (exact) mass is 401 g/mol. The third kappa shape index (κ3) is 3.04. The van der Waals surface area contributed by atoms with Gasteiger partial charge in [0.1, 0.15) is 0 Å². The molecule has 0 bridgehead atoms. The van der Waals surface area contributed by atoms with Crippen molar-refractivity contribution in [1.29, 1.82) is 0 Å². The molecule has 0 spiro atoms. The number of aryl methyl sites for hydroxylation is 1. The number of nitrogens with zero attached hydrogens (tertiary/aromatic N) is 3. The van der Waals surface area contributed by atoms with Gasteiger partial charge in [0.05, 0.1) is 0 Å². The fourth-order valence-corrected chi connectivity index (χ4v) is 4.00. The minimum atomic E-state index is -1.23. The molecule has 7 nitrogen and oxygen atoms in total. The van der Waals surface area contributed by atoms with Crippen molar-refractivity contribution in [1.82, 2.24) is 4.98 Å². The maximum Gasteiger partial charge on any atom is 0.345 e. The average Bonchev–Trinajstić information content (AvgIpc) is 3.21. The number of hydrogen-bond acceptors (Lipinski definition) is 6. The van der Waals surface area contributed by atoms with Crippen LogP contribution < -0.4 is 4.90 Å². The van der Waals surface area contributed by atoms with Crippen molar-refractivity contribution in [2.45, 2.75) is 19.4 Å². The number of benzene rings is 1. The van der Waals surface area contributed by atoms with Crippen molar-refractivity contribution < 1.29 is 19.4 Å². The summed E-state index contributed by atoms with van der Waals surface area (Å²) in [6.45, 7) is 1.15. The predicted octanol–water partition coefficient (Wildman–Crippen LogP) is 4.29. The van der Waals surface area contributed by atoms with Crippen molar-refractivity contribution in [2.24, 2.45) is 4.99 Å². The average molecular weight is 401 g/mol. The first-order chi connectivity index (χ1) is 14.6. The standard InChI is InChI=1S/C23H19N3O4/c27-20-18(11-16-12-25-21-17(16)8-3-9-24-21)30-22(19(20)23(28)29)26-10-4-7-14-5-1-2-6-15(14)13-26/h1-3,5-6,8-9,11-12,27H,4,7,10,13H2,(H,28,29). The second-order valence-corrected chi connectivity index (χ2v) is 7.33. The molecular formula is C23H19N3O4. The Bertz CT molecular complexity index is 1210. The molecule has 0 radical (unpaired) electrons. The Kier molecular flexibility index (Phi) is 4.35. The minimum Gasteiger partial charge on any atom is -0.504 e. The van der Waals surface area contributed by atoms with E-state index in [0.29, 0.717) is 24.5 Å². The van der Waals surface area contributed by atoms with Gasteiger partial charge < -0.3 is 19.5 Å². The van der Waals surface area contributed by atoms with Gasteiger partial charge in [-0.3, -0.25) is 0 Å². The van der Waals surface area contributed by atoms with Crippen LogP contribution in [0.3, 0.4) is 0 Å². The van der Waals surface area contributed by atoms with Gasteiger partial charge in [0.15, 0.2) is 22.9 Å². The van der Waals surface area contributed by atoms with Gasteiger partial charge in [0.25, 0.3) is 0 Å². The molecule has 2 N–H and O–H groups in total. The Morgan fingerprint density at radius 1 is 1.17 bits per heavy atom. The van der Waals surface area contributed by atoms with Gasteiger partial charge in [-0.15, -0.1) is 0 Å². The SMILES string of the molecule is O=C(O)c1c(N2CCCc3ccccc3C2)oc(C=C2C=Nc3ncccc32)c1O. The van der Waals surface area contributed by atoms with Crippen LogP contribution >= 0.6 is 0 Å². The van der Waals surface area contributed by atoms with Crippen LogP contribution in [0.2, 0.25) is 0 Å². The first kappa shape index (κ1) is 18.2. The molecule has 0 saturated carbocycles. The molecule has 1 aromatic carbocycles. The van der Waals surface area contributed by atoms with Gasteiger partial charge in [-0.25, -0.2) is 14.8 Å². The van der Waals surface area contributed by atoms with E-state index in [9.17, 15) is 15.0 Å². The molecule has 4 heterocycles. The van der Waals surface area contributed by atoms with Crippen molar-refractivity contribution in [3.8, 4) is 5.75 Å². The van der Waals surface area contributed by atoms with Crippen LogP contribution in [0.1, 0.15) is 39.2 Å². The summed E-state index contributed by atoms with van der Waals surface area (Å²) in [4.78, 5) is 22.3. The molecule has 0 saturated heterocycles. The van der Waals surface area contributed by atoms with E-state index >= 15 is 0 Å². The number of rotatable bonds is 3. The number of carboxylic acids is 1. The molecule has 2 aromatic heterocycles. The highest BCUT2D eigenvalue weighted by Gasteiger charge is 2.30. The maximum absolute atomic E-state index is 12.0. The third-order valence-corrected chi connectivity index (χ3v) is 5.46. The molecule has 0 aliphatic carbocycles. The second kappa shape index (κ2) is 7.18. The number of carboxylic acid groups (broad SMARTS) is 1. The number of aromatic nitrogens is 1. The van der Waals surface area contributed by atoms with E-state index in [1.165, 1.54) is 5.56 Å². The lowest BCUT2D eigenvalue weighted by atomic mass is 10.0. The van der Waals surface area contributed by atoms with Crippen LogP contribution in [-0.4, -0.2) is 33.9 Å². The normalized spacial score (nSPS) is 16.4. The van der Waals surface area contributed by atoms with E-state index in [4.69, 9.17) is 4.42 Å². The highest BCUT2D eigenvalue weighted by atomic mass is 16.4. The number of aromatic carboxylic acids is 1. The molecule has 0 amide bonds. The zero-order chi connectivity index (χ0) is 20.7. The van der Waals surface area contributed by atoms with Gasteiger partial charge in [-0.1, -0.05) is 24.3 Å². The van der Waals surface area contributed by atoms with Crippen LogP contribution in [0.5, 0.6) is 5.75 Å². The third-order valence-electron chi connectivity index (χ3n) is 5.46. The molecule has 5 rings (SSSR count). The predicted molar refractivity (Wildman–Crippen MR) is 113 cm³/mol. The van der Waals surface area contributed by atoms with Gasteiger partial charge in [-0.2, -0.15) is 0 Å². The number of hydrogen-bond donors (Lipinski definition) is 2. The number of aromatic hydroxyl groups is 1. The van der Waals surface area contributed by atoms with E-state index in [2.05, 4.69) is 16.0 Å². The van der Waals surface area contributed by atoms with Crippen LogP contribution in [-0.2, 0) is 13.0 Å². The van der Waals surface area contributed by atoms with E-state index < -0.39 is 5.97 Å². The van der Waals surface area contributed by atoms with Gasteiger partial charge >= 0.3 is 5.97 Å². The van der Waals surface area contributed by atoms with Gasteiger partial charge in [-0.05, 0) is 42.2 Å². The molecule has 7 heteroatoms. The summed E-state index contributed by atoms with van der Waals surface area (Å²) < 4.78 is 5.93. The van der Waals surface area contributed by atoms with E-state index in [1.54, 1.807) is 24.6 Å². The Labute approximate surface area is 172 Å². The first-order valence-corrected chi connectivity index (χ1v) is 9.74. The zero-order valence-electron chi connectivity index (χ0n) is 16.1. The summed E-state index contributed by atoms with van der Waals surface area (Å²) in [7, 11) is 0. The summed E-state index contributed by atoms with van der Waals surface area (Å²) in [5.74, 6) is -0.760. The highest BCUT2D eigenvalue weighted by molar-refractivity contribution is 6.21. The van der Waals surface area contributed by atoms with Crippen LogP contribution in [0, 0.1) is 0 Å². The smallest absolute Gasteiger partial charge is 0.345 e. The lowest BCUT2D eigenvalue weighted by Crippen LogP contribution is -2.23. The van der Waals surface area contributed by atoms with Crippen molar-refractivity contribution in [3.05, 3.63) is 70.6 Å². The number of anilines is 1. The molecule has 2 aliphatic rings. The fourth-order valence-electron chi connectivity index (χ4n) is 4.00. The number of furan rings is 1. The molecule has 0 atom stereocenters. The lowest BCUT2D eigenvalue weighted by Gasteiger charge is -2.20. The molecule has 150 valence electrons. The fraction of sp³-hybridized carbons (Fsp3) is 0.174. The summed E-state index contributed by atoms with van der Waals surface area (Å²) in [5, 5.41) is 20.4. The van der Waals surface area contributed by atoms with Gasteiger partial charge in [0, 0.05) is 36.6 Å². The summed E-state index contributed by atoms with van der Waals surface area (Å²) in [6, 6.07) is 11.8. The Hall–Kier alpha value is -3.87. The number of pyridine rings is 1. The van der Waals surface area contributed by atoms with E-state index in [-0.39, 0.29) is 23.0 Å². The highest BCUT2D eigenvalue weighted by Crippen LogP contribution is 2.40.